The largest absolute Gasteiger partial charge is 0.297 e. The maximum atomic E-state index is 10.6. The van der Waals surface area contributed by atoms with E-state index in [1.807, 2.05) is 6.07 Å². The van der Waals surface area contributed by atoms with Gasteiger partial charge in [0.25, 0.3) is 0 Å². The van der Waals surface area contributed by atoms with Gasteiger partial charge in [0.05, 0.1) is 4.88 Å². The smallest absolute Gasteiger partial charge is 0.160 e. The molecule has 1 nitrogen and oxygen atoms in total. The van der Waals surface area contributed by atoms with Gasteiger partial charge >= 0.3 is 0 Å². The van der Waals surface area contributed by atoms with Gasteiger partial charge in [-0.2, -0.15) is 0 Å². The Morgan fingerprint density at radius 3 is 2.79 bits per heavy atom. The summed E-state index contributed by atoms with van der Waals surface area (Å²) < 4.78 is 1.22. The van der Waals surface area contributed by atoms with E-state index in [1.165, 1.54) is 21.2 Å². The van der Waals surface area contributed by atoms with E-state index in [4.69, 9.17) is 0 Å². The Bertz CT molecular complexity index is 482. The average Bonchev–Trinajstić information content (AvgIpc) is 2.58. The first kappa shape index (κ1) is 9.41. The summed E-state index contributed by atoms with van der Waals surface area (Å²) in [4.78, 5) is 11.4. The minimum absolute atomic E-state index is 0.813. The predicted molar refractivity (Wildman–Crippen MR) is 61.3 cm³/mol. The maximum Gasteiger partial charge on any atom is 0.160 e. The van der Waals surface area contributed by atoms with Crippen LogP contribution in [0, 0.1) is 6.92 Å². The molecular formula is C12H12OS. The van der Waals surface area contributed by atoms with Gasteiger partial charge in [-0.15, -0.1) is 11.3 Å². The summed E-state index contributed by atoms with van der Waals surface area (Å²) in [5, 5.41) is 1.19. The van der Waals surface area contributed by atoms with Gasteiger partial charge in [0.15, 0.2) is 6.29 Å². The first-order valence-corrected chi connectivity index (χ1v) is 5.54. The molecule has 0 saturated carbocycles. The van der Waals surface area contributed by atoms with Crippen LogP contribution >= 0.6 is 11.3 Å². The average molecular weight is 204 g/mol. The highest BCUT2D eigenvalue weighted by atomic mass is 32.1. The molecule has 1 aromatic carbocycles. The van der Waals surface area contributed by atoms with E-state index in [0.717, 1.165) is 17.6 Å². The van der Waals surface area contributed by atoms with Crippen LogP contribution in [0.5, 0.6) is 0 Å². The SMILES string of the molecule is CCc1cc2sc(C=O)cc2cc1C. The van der Waals surface area contributed by atoms with Crippen LogP contribution in [0.2, 0.25) is 0 Å². The zero-order chi connectivity index (χ0) is 10.1. The quantitative estimate of drug-likeness (QED) is 0.683. The highest BCUT2D eigenvalue weighted by Gasteiger charge is 2.04. The summed E-state index contributed by atoms with van der Waals surface area (Å²) >= 11 is 1.57. The van der Waals surface area contributed by atoms with Crippen LogP contribution < -0.4 is 0 Å². The van der Waals surface area contributed by atoms with E-state index >= 15 is 0 Å². The van der Waals surface area contributed by atoms with Crippen molar-refractivity contribution >= 4 is 27.7 Å². The fourth-order valence-corrected chi connectivity index (χ4v) is 2.63. The fourth-order valence-electron chi connectivity index (χ4n) is 1.70. The third-order valence-corrected chi connectivity index (χ3v) is 3.51. The molecule has 0 atom stereocenters. The van der Waals surface area contributed by atoms with E-state index in [2.05, 4.69) is 26.0 Å². The number of fused-ring (bicyclic) bond motifs is 1. The number of benzene rings is 1. The van der Waals surface area contributed by atoms with Crippen LogP contribution in [0.4, 0.5) is 0 Å². The van der Waals surface area contributed by atoms with Crippen molar-refractivity contribution in [3.05, 3.63) is 34.2 Å². The lowest BCUT2D eigenvalue weighted by molar-refractivity contribution is 0.112. The van der Waals surface area contributed by atoms with Crippen molar-refractivity contribution in [2.75, 3.05) is 0 Å². The van der Waals surface area contributed by atoms with Gasteiger partial charge in [-0.3, -0.25) is 4.79 Å². The molecular weight excluding hydrogens is 192 g/mol. The van der Waals surface area contributed by atoms with E-state index in [0.29, 0.717) is 0 Å². The van der Waals surface area contributed by atoms with Crippen molar-refractivity contribution in [3.63, 3.8) is 0 Å². The zero-order valence-electron chi connectivity index (χ0n) is 8.33. The van der Waals surface area contributed by atoms with E-state index in [1.54, 1.807) is 11.3 Å². The normalized spacial score (nSPS) is 10.7. The highest BCUT2D eigenvalue weighted by molar-refractivity contribution is 7.20. The number of carbonyl (C=O) groups excluding carboxylic acids is 1. The van der Waals surface area contributed by atoms with Crippen LogP contribution in [0.15, 0.2) is 18.2 Å². The standard InChI is InChI=1S/C12H12OS/c1-3-9-6-12-10(4-8(9)2)5-11(7-13)14-12/h4-7H,3H2,1-2H3. The number of hydrogen-bond donors (Lipinski definition) is 0. The van der Waals surface area contributed by atoms with Gasteiger partial charge in [-0.1, -0.05) is 13.0 Å². The Hall–Kier alpha value is -1.15. The van der Waals surface area contributed by atoms with Gasteiger partial charge in [0.2, 0.25) is 0 Å². The second-order valence-corrected chi connectivity index (χ2v) is 4.55. The van der Waals surface area contributed by atoms with Crippen molar-refractivity contribution in [1.82, 2.24) is 0 Å². The lowest BCUT2D eigenvalue weighted by atomic mass is 10.0. The first-order valence-electron chi connectivity index (χ1n) is 4.73. The molecule has 0 aliphatic heterocycles. The molecule has 0 spiro atoms. The van der Waals surface area contributed by atoms with Gasteiger partial charge in [-0.25, -0.2) is 0 Å². The lowest BCUT2D eigenvalue weighted by Gasteiger charge is -2.01. The molecule has 0 fully saturated rings. The van der Waals surface area contributed by atoms with Gasteiger partial charge in [0, 0.05) is 4.70 Å². The first-order chi connectivity index (χ1) is 6.74. The summed E-state index contributed by atoms with van der Waals surface area (Å²) in [6.45, 7) is 4.28. The van der Waals surface area contributed by atoms with Crippen molar-refractivity contribution in [3.8, 4) is 0 Å². The molecule has 2 aromatic rings. The summed E-state index contributed by atoms with van der Waals surface area (Å²) in [7, 11) is 0. The predicted octanol–water partition coefficient (Wildman–Crippen LogP) is 3.58. The second-order valence-electron chi connectivity index (χ2n) is 3.44. The zero-order valence-corrected chi connectivity index (χ0v) is 9.15. The minimum Gasteiger partial charge on any atom is -0.297 e. The summed E-state index contributed by atoms with van der Waals surface area (Å²) in [6.07, 6.45) is 1.97. The molecule has 0 saturated heterocycles. The number of aldehydes is 1. The number of thiophene rings is 1. The molecule has 0 N–H and O–H groups in total. The molecule has 0 aliphatic carbocycles. The molecule has 1 aromatic heterocycles. The molecule has 1 heterocycles. The Labute approximate surface area is 87.4 Å². The molecule has 14 heavy (non-hydrogen) atoms. The summed E-state index contributed by atoms with van der Waals surface area (Å²) in [6, 6.07) is 6.32. The fraction of sp³-hybridized carbons (Fsp3) is 0.250. The minimum atomic E-state index is 0.813. The summed E-state index contributed by atoms with van der Waals surface area (Å²) in [5.41, 5.74) is 2.69. The summed E-state index contributed by atoms with van der Waals surface area (Å²) in [5.74, 6) is 0. The van der Waals surface area contributed by atoms with Crippen LogP contribution in [0.25, 0.3) is 10.1 Å². The molecule has 0 unspecified atom stereocenters. The van der Waals surface area contributed by atoms with E-state index in [-0.39, 0.29) is 0 Å². The van der Waals surface area contributed by atoms with E-state index < -0.39 is 0 Å². The lowest BCUT2D eigenvalue weighted by Crippen LogP contribution is -1.84. The number of hydrogen-bond acceptors (Lipinski definition) is 2. The van der Waals surface area contributed by atoms with Crippen LogP contribution in [0.1, 0.15) is 27.7 Å². The Morgan fingerprint density at radius 1 is 1.36 bits per heavy atom. The Morgan fingerprint density at radius 2 is 2.14 bits per heavy atom. The molecule has 2 heteroatoms. The van der Waals surface area contributed by atoms with E-state index in [9.17, 15) is 4.79 Å². The number of aryl methyl sites for hydroxylation is 2. The van der Waals surface area contributed by atoms with Crippen molar-refractivity contribution in [1.29, 1.82) is 0 Å². The van der Waals surface area contributed by atoms with Crippen LogP contribution in [0.3, 0.4) is 0 Å². The Kier molecular flexibility index (Phi) is 2.38. The maximum absolute atomic E-state index is 10.6. The number of rotatable bonds is 2. The van der Waals surface area contributed by atoms with Gasteiger partial charge in [-0.05, 0) is 42.0 Å². The second kappa shape index (κ2) is 3.54. The Balaban J connectivity index is 2.69. The van der Waals surface area contributed by atoms with Crippen molar-refractivity contribution in [2.45, 2.75) is 20.3 Å². The monoisotopic (exact) mass is 204 g/mol. The highest BCUT2D eigenvalue weighted by Crippen LogP contribution is 2.27. The molecule has 72 valence electrons. The molecule has 2 rings (SSSR count). The van der Waals surface area contributed by atoms with Gasteiger partial charge in [0.1, 0.15) is 0 Å². The van der Waals surface area contributed by atoms with Crippen LogP contribution in [-0.4, -0.2) is 6.29 Å². The number of carbonyl (C=O) groups is 1. The third-order valence-electron chi connectivity index (χ3n) is 2.49. The van der Waals surface area contributed by atoms with Crippen molar-refractivity contribution < 1.29 is 4.79 Å². The molecule has 0 bridgehead atoms. The van der Waals surface area contributed by atoms with Crippen molar-refractivity contribution in [2.24, 2.45) is 0 Å². The van der Waals surface area contributed by atoms with Gasteiger partial charge < -0.3 is 0 Å². The van der Waals surface area contributed by atoms with Crippen LogP contribution in [-0.2, 0) is 6.42 Å². The molecule has 0 radical (unpaired) electrons. The molecule has 0 aliphatic rings. The topological polar surface area (TPSA) is 17.1 Å². The third kappa shape index (κ3) is 1.46. The molecule has 0 amide bonds.